The standard InChI is InChI=1S/C20H45NO4Si2/c1-10-23-19(22)15-17-21(26(7,8)20(4,5)6)16-13-14-18-27(9,24-11-2)25-12-3/h10-18H2,1-9H3. The maximum absolute atomic E-state index is 11.9. The van der Waals surface area contributed by atoms with Crippen molar-refractivity contribution in [3.05, 3.63) is 0 Å². The number of ether oxygens (including phenoxy) is 1. The number of carbonyl (C=O) groups excluding carboxylic acids is 1. The molecule has 0 radical (unpaired) electrons. The van der Waals surface area contributed by atoms with Crippen LogP contribution in [0.25, 0.3) is 0 Å². The number of hydrogen-bond acceptors (Lipinski definition) is 5. The molecule has 0 unspecified atom stereocenters. The van der Waals surface area contributed by atoms with Crippen LogP contribution in [-0.2, 0) is 18.4 Å². The Balaban J connectivity index is 4.83. The van der Waals surface area contributed by atoms with Crippen molar-refractivity contribution in [3.63, 3.8) is 0 Å². The third-order valence-electron chi connectivity index (χ3n) is 5.73. The molecular formula is C20H45NO4Si2. The summed E-state index contributed by atoms with van der Waals surface area (Å²) in [6.45, 7) is 23.6. The molecule has 5 nitrogen and oxygen atoms in total. The van der Waals surface area contributed by atoms with Gasteiger partial charge in [0.1, 0.15) is 8.24 Å². The van der Waals surface area contributed by atoms with Gasteiger partial charge in [-0.25, -0.2) is 0 Å². The van der Waals surface area contributed by atoms with E-state index in [1.807, 2.05) is 20.8 Å². The smallest absolute Gasteiger partial charge is 0.334 e. The van der Waals surface area contributed by atoms with E-state index in [9.17, 15) is 4.79 Å². The van der Waals surface area contributed by atoms with Crippen LogP contribution in [0.5, 0.6) is 0 Å². The molecule has 0 spiro atoms. The number of carbonyl (C=O) groups is 1. The van der Waals surface area contributed by atoms with Gasteiger partial charge in [-0.05, 0) is 51.4 Å². The molecule has 0 rings (SSSR count). The van der Waals surface area contributed by atoms with Gasteiger partial charge in [0.25, 0.3) is 0 Å². The van der Waals surface area contributed by atoms with E-state index in [4.69, 9.17) is 13.6 Å². The Labute approximate surface area is 170 Å². The highest BCUT2D eigenvalue weighted by atomic mass is 28.4. The maximum Gasteiger partial charge on any atom is 0.334 e. The third kappa shape index (κ3) is 9.70. The second-order valence-corrected chi connectivity index (χ2v) is 17.4. The zero-order valence-corrected chi connectivity index (χ0v) is 21.4. The zero-order valence-electron chi connectivity index (χ0n) is 19.4. The molecule has 0 heterocycles. The predicted molar refractivity (Wildman–Crippen MR) is 119 cm³/mol. The molecule has 0 aromatic rings. The Kier molecular flexibility index (Phi) is 12.3. The first-order chi connectivity index (χ1) is 12.4. The zero-order chi connectivity index (χ0) is 21.1. The minimum Gasteiger partial charge on any atom is -0.466 e. The first kappa shape index (κ1) is 26.8. The minimum absolute atomic E-state index is 0.0890. The van der Waals surface area contributed by atoms with Crippen molar-refractivity contribution < 1.29 is 18.4 Å². The van der Waals surface area contributed by atoms with Crippen molar-refractivity contribution in [2.24, 2.45) is 0 Å². The van der Waals surface area contributed by atoms with Gasteiger partial charge in [0, 0.05) is 19.8 Å². The molecule has 0 aromatic carbocycles. The van der Waals surface area contributed by atoms with Gasteiger partial charge in [0.2, 0.25) is 0 Å². The van der Waals surface area contributed by atoms with E-state index in [0.717, 1.165) is 45.2 Å². The summed E-state index contributed by atoms with van der Waals surface area (Å²) in [5.74, 6) is -0.0890. The molecule has 27 heavy (non-hydrogen) atoms. The molecule has 0 N–H and O–H groups in total. The molecule has 0 atom stereocenters. The first-order valence-electron chi connectivity index (χ1n) is 10.6. The number of esters is 1. The summed E-state index contributed by atoms with van der Waals surface area (Å²) in [4.78, 5) is 11.9. The van der Waals surface area contributed by atoms with Gasteiger partial charge in [-0.15, -0.1) is 0 Å². The summed E-state index contributed by atoms with van der Waals surface area (Å²) in [5, 5.41) is 0.252. The average Bonchev–Trinajstić information content (AvgIpc) is 2.53. The van der Waals surface area contributed by atoms with Gasteiger partial charge >= 0.3 is 14.5 Å². The van der Waals surface area contributed by atoms with Crippen LogP contribution in [0.4, 0.5) is 0 Å². The molecule has 0 aliphatic rings. The summed E-state index contributed by atoms with van der Waals surface area (Å²) in [6, 6.07) is 1.03. The lowest BCUT2D eigenvalue weighted by molar-refractivity contribution is -0.143. The van der Waals surface area contributed by atoms with Crippen molar-refractivity contribution in [1.29, 1.82) is 0 Å². The Hall–Kier alpha value is -0.216. The lowest BCUT2D eigenvalue weighted by Crippen LogP contribution is -2.55. The minimum atomic E-state index is -2.03. The number of hydrogen-bond donors (Lipinski definition) is 0. The fourth-order valence-electron chi connectivity index (χ4n) is 3.15. The van der Waals surface area contributed by atoms with E-state index in [1.54, 1.807) is 0 Å². The summed E-state index contributed by atoms with van der Waals surface area (Å²) >= 11 is 0. The van der Waals surface area contributed by atoms with E-state index in [2.05, 4.69) is 45.0 Å². The number of unbranched alkanes of at least 4 members (excludes halogenated alkanes) is 1. The molecule has 0 aliphatic carbocycles. The Morgan fingerprint density at radius 1 is 0.889 bits per heavy atom. The van der Waals surface area contributed by atoms with Gasteiger partial charge in [0.05, 0.1) is 13.0 Å². The molecule has 0 amide bonds. The summed E-state index contributed by atoms with van der Waals surface area (Å²) < 4.78 is 19.6. The maximum atomic E-state index is 11.9. The monoisotopic (exact) mass is 419 g/mol. The lowest BCUT2D eigenvalue weighted by atomic mass is 10.2. The Morgan fingerprint density at radius 3 is 1.89 bits per heavy atom. The van der Waals surface area contributed by atoms with Crippen LogP contribution in [0.15, 0.2) is 0 Å². The van der Waals surface area contributed by atoms with E-state index >= 15 is 0 Å². The second-order valence-electron chi connectivity index (χ2n) is 8.81. The third-order valence-corrected chi connectivity index (χ3v) is 14.5. The topological polar surface area (TPSA) is 48.0 Å². The van der Waals surface area contributed by atoms with Gasteiger partial charge in [-0.1, -0.05) is 40.3 Å². The molecule has 0 aromatic heterocycles. The summed E-state index contributed by atoms with van der Waals surface area (Å²) in [6.07, 6.45) is 2.69. The second kappa shape index (κ2) is 12.4. The predicted octanol–water partition coefficient (Wildman–Crippen LogP) is 5.17. The van der Waals surface area contributed by atoms with E-state index in [1.165, 1.54) is 0 Å². The molecule has 162 valence electrons. The number of rotatable bonds is 14. The van der Waals surface area contributed by atoms with Gasteiger partial charge in [-0.3, -0.25) is 4.79 Å². The quantitative estimate of drug-likeness (QED) is 0.221. The van der Waals surface area contributed by atoms with Crippen LogP contribution < -0.4 is 0 Å². The van der Waals surface area contributed by atoms with E-state index in [0.29, 0.717) is 13.0 Å². The van der Waals surface area contributed by atoms with Crippen molar-refractivity contribution in [2.45, 2.75) is 91.5 Å². The highest BCUT2D eigenvalue weighted by Gasteiger charge is 2.40. The molecule has 0 aliphatic heterocycles. The molecule has 0 bridgehead atoms. The normalized spacial score (nSPS) is 13.3. The molecule has 0 saturated carbocycles. The fraction of sp³-hybridized carbons (Fsp3) is 0.950. The Bertz CT molecular complexity index is 419. The molecular weight excluding hydrogens is 374 g/mol. The van der Waals surface area contributed by atoms with Crippen molar-refractivity contribution in [2.75, 3.05) is 32.9 Å². The van der Waals surface area contributed by atoms with Crippen LogP contribution in [0, 0.1) is 0 Å². The van der Waals surface area contributed by atoms with Crippen LogP contribution in [0.2, 0.25) is 30.7 Å². The Morgan fingerprint density at radius 2 is 1.44 bits per heavy atom. The largest absolute Gasteiger partial charge is 0.466 e. The van der Waals surface area contributed by atoms with E-state index < -0.39 is 16.8 Å². The SMILES string of the molecule is CCOC(=O)CCN(CCCC[Si](C)(OCC)OCC)[Si](C)(C)C(C)(C)C. The first-order valence-corrected chi connectivity index (χ1v) is 16.1. The van der Waals surface area contributed by atoms with Gasteiger partial charge < -0.3 is 18.2 Å². The molecule has 0 saturated heterocycles. The summed E-state index contributed by atoms with van der Waals surface area (Å²) in [5.41, 5.74) is 0. The molecule has 7 heteroatoms. The van der Waals surface area contributed by atoms with Crippen LogP contribution in [0.3, 0.4) is 0 Å². The van der Waals surface area contributed by atoms with Crippen LogP contribution in [0.1, 0.15) is 60.8 Å². The van der Waals surface area contributed by atoms with Gasteiger partial charge in [-0.2, -0.15) is 0 Å². The van der Waals surface area contributed by atoms with Crippen molar-refractivity contribution in [1.82, 2.24) is 4.57 Å². The van der Waals surface area contributed by atoms with Crippen molar-refractivity contribution >= 4 is 22.8 Å². The van der Waals surface area contributed by atoms with Crippen molar-refractivity contribution in [3.8, 4) is 0 Å². The van der Waals surface area contributed by atoms with Crippen LogP contribution in [-0.4, -0.2) is 60.2 Å². The lowest BCUT2D eigenvalue weighted by Gasteiger charge is -2.46. The molecule has 0 fully saturated rings. The summed E-state index contributed by atoms with van der Waals surface area (Å²) in [7, 11) is -3.71. The highest BCUT2D eigenvalue weighted by molar-refractivity contribution is 6.77. The number of nitrogens with zero attached hydrogens (tertiary/aromatic N) is 1. The average molecular weight is 420 g/mol. The van der Waals surface area contributed by atoms with E-state index in [-0.39, 0.29) is 11.0 Å². The fourth-order valence-corrected chi connectivity index (χ4v) is 7.97. The van der Waals surface area contributed by atoms with Gasteiger partial charge in [0.15, 0.2) is 0 Å². The highest BCUT2D eigenvalue weighted by Crippen LogP contribution is 2.38. The van der Waals surface area contributed by atoms with Crippen LogP contribution >= 0.6 is 0 Å².